The van der Waals surface area contributed by atoms with Crippen LogP contribution in [0, 0.1) is 12.3 Å². The number of nitrogens with one attached hydrogen (secondary N) is 2. The van der Waals surface area contributed by atoms with Crippen molar-refractivity contribution in [2.24, 2.45) is 5.92 Å². The Kier molecular flexibility index (Phi) is 6.99. The zero-order valence-corrected chi connectivity index (χ0v) is 15.7. The second-order valence-corrected chi connectivity index (χ2v) is 7.35. The van der Waals surface area contributed by atoms with Crippen LogP contribution in [-0.2, 0) is 16.0 Å². The molecule has 1 aromatic rings. The lowest BCUT2D eigenvalue weighted by molar-refractivity contribution is -0.128. The number of rotatable bonds is 9. The van der Waals surface area contributed by atoms with Gasteiger partial charge >= 0.3 is 0 Å². The molecule has 0 aliphatic carbocycles. The van der Waals surface area contributed by atoms with Gasteiger partial charge in [0.1, 0.15) is 5.54 Å². The minimum atomic E-state index is -1.04. The molecule has 5 heteroatoms. The Bertz CT molecular complexity index is 547. The molecule has 1 saturated heterocycles. The predicted molar refractivity (Wildman–Crippen MR) is 98.8 cm³/mol. The third-order valence-corrected chi connectivity index (χ3v) is 4.64. The smallest absolute Gasteiger partial charge is 0.244 e. The first kappa shape index (κ1) is 19.9. The monoisotopic (exact) mass is 347 g/mol. The van der Waals surface area contributed by atoms with E-state index in [9.17, 15) is 9.90 Å². The van der Waals surface area contributed by atoms with Crippen molar-refractivity contribution in [3.8, 4) is 0 Å². The first-order valence-electron chi connectivity index (χ1n) is 9.10. The van der Waals surface area contributed by atoms with Crippen molar-refractivity contribution in [2.45, 2.75) is 64.4 Å². The van der Waals surface area contributed by atoms with Gasteiger partial charge in [0.2, 0.25) is 5.91 Å². The van der Waals surface area contributed by atoms with Crippen LogP contribution in [0.5, 0.6) is 0 Å². The van der Waals surface area contributed by atoms with E-state index in [0.29, 0.717) is 19.4 Å². The van der Waals surface area contributed by atoms with Crippen LogP contribution in [0.3, 0.4) is 0 Å². The fourth-order valence-electron chi connectivity index (χ4n) is 3.05. The molecule has 1 aromatic carbocycles. The summed E-state index contributed by atoms with van der Waals surface area (Å²) in [6.07, 6.45) is 1.88. The van der Waals surface area contributed by atoms with Crippen molar-refractivity contribution in [1.29, 1.82) is 0 Å². The van der Waals surface area contributed by atoms with Gasteiger partial charge in [0, 0.05) is 13.0 Å². The Balaban J connectivity index is 2.08. The number of benzene rings is 1. The highest BCUT2D eigenvalue weighted by molar-refractivity contribution is 5.89. The third-order valence-electron chi connectivity index (χ3n) is 4.64. The summed E-state index contributed by atoms with van der Waals surface area (Å²) in [5.74, 6) is 0.0773. The Morgan fingerprint density at radius 2 is 1.92 bits per heavy atom. The van der Waals surface area contributed by atoms with Gasteiger partial charge in [0.25, 0.3) is 0 Å². The van der Waals surface area contributed by atoms with E-state index in [1.54, 1.807) is 6.42 Å². The number of hydrogen-bond acceptors (Lipinski definition) is 4. The summed E-state index contributed by atoms with van der Waals surface area (Å²) >= 11 is 0. The van der Waals surface area contributed by atoms with Gasteiger partial charge in [-0.15, -0.1) is 0 Å². The van der Waals surface area contributed by atoms with E-state index in [-0.39, 0.29) is 24.1 Å². The summed E-state index contributed by atoms with van der Waals surface area (Å²) in [5, 5.41) is 17.2. The number of aliphatic hydroxyl groups excluding tert-OH is 1. The van der Waals surface area contributed by atoms with Crippen molar-refractivity contribution in [1.82, 2.24) is 10.6 Å². The molecule has 0 saturated carbocycles. The number of hydrogen-bond donors (Lipinski definition) is 3. The molecule has 2 rings (SSSR count). The number of carbonyl (C=O) groups excluding carboxylic acids is 1. The number of carbonyl (C=O) groups is 1. The first-order valence-corrected chi connectivity index (χ1v) is 9.10. The van der Waals surface area contributed by atoms with Crippen molar-refractivity contribution in [3.63, 3.8) is 0 Å². The lowest BCUT2D eigenvalue weighted by Crippen LogP contribution is -2.58. The van der Waals surface area contributed by atoms with Crippen LogP contribution < -0.4 is 10.6 Å². The molecular formula is C20H31N2O3. The molecule has 0 bridgehead atoms. The maximum Gasteiger partial charge on any atom is 0.244 e. The van der Waals surface area contributed by atoms with Crippen molar-refractivity contribution < 1.29 is 14.6 Å². The molecule has 1 aliphatic rings. The quantitative estimate of drug-likeness (QED) is 0.639. The van der Waals surface area contributed by atoms with E-state index in [2.05, 4.69) is 10.6 Å². The van der Waals surface area contributed by atoms with Gasteiger partial charge in [-0.3, -0.25) is 10.1 Å². The molecule has 139 valence electrons. The molecule has 3 N–H and O–H groups in total. The van der Waals surface area contributed by atoms with Gasteiger partial charge in [-0.1, -0.05) is 44.2 Å². The fraction of sp³-hybridized carbons (Fsp3) is 0.600. The van der Waals surface area contributed by atoms with Crippen molar-refractivity contribution in [2.75, 3.05) is 6.61 Å². The van der Waals surface area contributed by atoms with Crippen LogP contribution in [-0.4, -0.2) is 41.5 Å². The number of aliphatic hydroxyl groups is 1. The summed E-state index contributed by atoms with van der Waals surface area (Å²) in [7, 11) is 0. The summed E-state index contributed by atoms with van der Waals surface area (Å²) in [6, 6.07) is 9.92. The highest BCUT2D eigenvalue weighted by Gasteiger charge is 2.51. The SMILES string of the molecule is CC(C)OCC[C@@]1(C(O)[CH]Cc2ccccc2)NC(C(C)C)NC1=O. The van der Waals surface area contributed by atoms with Gasteiger partial charge in [-0.05, 0) is 38.2 Å². The van der Waals surface area contributed by atoms with Gasteiger partial charge < -0.3 is 15.2 Å². The summed E-state index contributed by atoms with van der Waals surface area (Å²) < 4.78 is 5.64. The molecule has 0 spiro atoms. The maximum absolute atomic E-state index is 12.7. The van der Waals surface area contributed by atoms with Crippen LogP contribution in [0.4, 0.5) is 0 Å². The standard InChI is InChI=1S/C20H31N2O3/c1-14(2)18-21-19(24)20(22-18,12-13-25-15(3)4)17(23)11-10-16-8-6-5-7-9-16/h5-9,11,14-15,17-18,22-23H,10,12-13H2,1-4H3,(H,21,24)/t17?,18?,20-/m0/s1. The van der Waals surface area contributed by atoms with E-state index in [1.807, 2.05) is 58.0 Å². The zero-order chi connectivity index (χ0) is 18.4. The molecule has 1 aliphatic heterocycles. The van der Waals surface area contributed by atoms with Crippen molar-refractivity contribution >= 4 is 5.91 Å². The topological polar surface area (TPSA) is 70.6 Å². The normalized spacial score (nSPS) is 24.8. The Hall–Kier alpha value is -1.43. The molecule has 1 amide bonds. The number of amides is 1. The molecule has 5 nitrogen and oxygen atoms in total. The first-order chi connectivity index (χ1) is 11.8. The second kappa shape index (κ2) is 8.79. The third kappa shape index (κ3) is 5.03. The molecule has 25 heavy (non-hydrogen) atoms. The van der Waals surface area contributed by atoms with E-state index < -0.39 is 11.6 Å². The highest BCUT2D eigenvalue weighted by Crippen LogP contribution is 2.27. The molecule has 3 atom stereocenters. The minimum absolute atomic E-state index is 0.0906. The minimum Gasteiger partial charge on any atom is -0.390 e. The van der Waals surface area contributed by atoms with E-state index >= 15 is 0 Å². The molecule has 1 radical (unpaired) electrons. The van der Waals surface area contributed by atoms with Gasteiger partial charge in [-0.25, -0.2) is 0 Å². The van der Waals surface area contributed by atoms with Gasteiger partial charge in [0.05, 0.1) is 18.4 Å². The summed E-state index contributed by atoms with van der Waals surface area (Å²) in [6.45, 7) is 8.42. The Morgan fingerprint density at radius 3 is 2.48 bits per heavy atom. The van der Waals surface area contributed by atoms with Crippen LogP contribution in [0.15, 0.2) is 30.3 Å². The Morgan fingerprint density at radius 1 is 1.24 bits per heavy atom. The highest BCUT2D eigenvalue weighted by atomic mass is 16.5. The molecule has 1 heterocycles. The average Bonchev–Trinajstić information content (AvgIpc) is 2.91. The molecular weight excluding hydrogens is 316 g/mol. The summed E-state index contributed by atoms with van der Waals surface area (Å²) in [5.41, 5.74) is 0.0625. The zero-order valence-electron chi connectivity index (χ0n) is 15.7. The van der Waals surface area contributed by atoms with Crippen LogP contribution in [0.1, 0.15) is 39.7 Å². The van der Waals surface area contributed by atoms with Crippen LogP contribution in [0.2, 0.25) is 0 Å². The molecule has 0 aromatic heterocycles. The van der Waals surface area contributed by atoms with E-state index in [4.69, 9.17) is 4.74 Å². The lowest BCUT2D eigenvalue weighted by atomic mass is 9.85. The number of ether oxygens (including phenoxy) is 1. The van der Waals surface area contributed by atoms with Gasteiger partial charge in [0.15, 0.2) is 0 Å². The van der Waals surface area contributed by atoms with Crippen LogP contribution in [0.25, 0.3) is 0 Å². The maximum atomic E-state index is 12.7. The second-order valence-electron chi connectivity index (χ2n) is 7.35. The Labute approximate surface area is 151 Å². The average molecular weight is 347 g/mol. The molecule has 2 unspecified atom stereocenters. The molecule has 1 fully saturated rings. The van der Waals surface area contributed by atoms with E-state index in [0.717, 1.165) is 5.56 Å². The fourth-order valence-corrected chi connectivity index (χ4v) is 3.05. The summed E-state index contributed by atoms with van der Waals surface area (Å²) in [4.78, 5) is 12.7. The van der Waals surface area contributed by atoms with Crippen molar-refractivity contribution in [3.05, 3.63) is 42.3 Å². The van der Waals surface area contributed by atoms with Crippen LogP contribution >= 0.6 is 0 Å². The lowest BCUT2D eigenvalue weighted by Gasteiger charge is -2.33. The van der Waals surface area contributed by atoms with Gasteiger partial charge in [-0.2, -0.15) is 0 Å². The predicted octanol–water partition coefficient (Wildman–Crippen LogP) is 2.05. The van der Waals surface area contributed by atoms with E-state index in [1.165, 1.54) is 0 Å². The largest absolute Gasteiger partial charge is 0.390 e.